The first kappa shape index (κ1) is 13.2. The van der Waals surface area contributed by atoms with Gasteiger partial charge in [0.2, 0.25) is 0 Å². The van der Waals surface area contributed by atoms with Crippen LogP contribution in [0.15, 0.2) is 17.0 Å². The van der Waals surface area contributed by atoms with Gasteiger partial charge in [0.1, 0.15) is 0 Å². The Labute approximate surface area is 98.6 Å². The molecule has 90 valence electrons. The zero-order valence-corrected chi connectivity index (χ0v) is 11.7. The minimum absolute atomic E-state index is 0.461. The van der Waals surface area contributed by atoms with Crippen molar-refractivity contribution >= 4 is 9.84 Å². The summed E-state index contributed by atoms with van der Waals surface area (Å²) in [7, 11) is -3.25. The van der Waals surface area contributed by atoms with E-state index in [1.165, 1.54) is 0 Å². The van der Waals surface area contributed by atoms with Gasteiger partial charge in [-0.05, 0) is 64.3 Å². The predicted octanol–water partition coefficient (Wildman–Crippen LogP) is 3.18. The number of hydrogen-bond acceptors (Lipinski definition) is 2. The first-order valence-electron chi connectivity index (χ1n) is 5.40. The molecule has 0 aliphatic rings. The lowest BCUT2D eigenvalue weighted by Gasteiger charge is -2.21. The highest BCUT2D eigenvalue weighted by Gasteiger charge is 2.32. The number of rotatable bonds is 1. The Bertz CT molecular complexity index is 505. The molecule has 0 spiro atoms. The van der Waals surface area contributed by atoms with Gasteiger partial charge < -0.3 is 0 Å². The Morgan fingerprint density at radius 3 is 1.75 bits per heavy atom. The van der Waals surface area contributed by atoms with Crippen LogP contribution in [0, 0.1) is 20.8 Å². The van der Waals surface area contributed by atoms with Gasteiger partial charge in [-0.15, -0.1) is 0 Å². The Balaban J connectivity index is 3.53. The highest BCUT2D eigenvalue weighted by Crippen LogP contribution is 2.29. The summed E-state index contributed by atoms with van der Waals surface area (Å²) in [5.74, 6) is 0. The molecular weight excluding hydrogens is 220 g/mol. The summed E-state index contributed by atoms with van der Waals surface area (Å²) in [6.07, 6.45) is 0. The van der Waals surface area contributed by atoms with Crippen molar-refractivity contribution in [3.8, 4) is 0 Å². The third-order valence-corrected chi connectivity index (χ3v) is 5.52. The van der Waals surface area contributed by atoms with Gasteiger partial charge >= 0.3 is 0 Å². The fourth-order valence-corrected chi connectivity index (χ4v) is 3.03. The van der Waals surface area contributed by atoms with Crippen molar-refractivity contribution in [1.29, 1.82) is 0 Å². The lowest BCUT2D eigenvalue weighted by atomic mass is 10.1. The van der Waals surface area contributed by atoms with E-state index in [2.05, 4.69) is 0 Å². The molecule has 0 unspecified atom stereocenters. The molecule has 0 atom stereocenters. The summed E-state index contributed by atoms with van der Waals surface area (Å²) in [4.78, 5) is 0.461. The maximum absolute atomic E-state index is 12.3. The van der Waals surface area contributed by atoms with E-state index in [-0.39, 0.29) is 0 Å². The highest BCUT2D eigenvalue weighted by atomic mass is 32.2. The maximum atomic E-state index is 12.3. The van der Waals surface area contributed by atoms with Gasteiger partial charge in [-0.3, -0.25) is 0 Å². The van der Waals surface area contributed by atoms with E-state index in [1.54, 1.807) is 26.8 Å². The highest BCUT2D eigenvalue weighted by molar-refractivity contribution is 7.92. The Kier molecular flexibility index (Phi) is 3.21. The van der Waals surface area contributed by atoms with E-state index in [1.807, 2.05) is 26.8 Å². The summed E-state index contributed by atoms with van der Waals surface area (Å²) in [6, 6.07) is 3.72. The zero-order chi connectivity index (χ0) is 12.7. The minimum atomic E-state index is -3.25. The predicted molar refractivity (Wildman–Crippen MR) is 67.6 cm³/mol. The van der Waals surface area contributed by atoms with Crippen molar-refractivity contribution < 1.29 is 8.42 Å². The largest absolute Gasteiger partial charge is 0.223 e. The molecule has 1 aromatic rings. The smallest absolute Gasteiger partial charge is 0.183 e. The number of hydrogen-bond donors (Lipinski definition) is 0. The van der Waals surface area contributed by atoms with Crippen LogP contribution in [0.1, 0.15) is 37.5 Å². The van der Waals surface area contributed by atoms with E-state index in [0.29, 0.717) is 4.90 Å². The number of aryl methyl sites for hydroxylation is 3. The quantitative estimate of drug-likeness (QED) is 0.755. The van der Waals surface area contributed by atoms with E-state index >= 15 is 0 Å². The normalized spacial score (nSPS) is 12.9. The molecule has 1 rings (SSSR count). The first-order chi connectivity index (χ1) is 7.07. The van der Waals surface area contributed by atoms with Crippen LogP contribution in [0.25, 0.3) is 0 Å². The van der Waals surface area contributed by atoms with E-state index in [0.717, 1.165) is 16.7 Å². The van der Waals surface area contributed by atoms with Crippen LogP contribution in [0.4, 0.5) is 0 Å². The van der Waals surface area contributed by atoms with Crippen LogP contribution < -0.4 is 0 Å². The van der Waals surface area contributed by atoms with Crippen LogP contribution in [0.2, 0.25) is 0 Å². The lowest BCUT2D eigenvalue weighted by molar-refractivity contribution is 0.559. The van der Waals surface area contributed by atoms with Crippen LogP contribution in [-0.2, 0) is 9.84 Å². The van der Waals surface area contributed by atoms with E-state index in [4.69, 9.17) is 0 Å². The van der Waals surface area contributed by atoms with Gasteiger partial charge in [0, 0.05) is 0 Å². The van der Waals surface area contributed by atoms with Crippen molar-refractivity contribution in [3.63, 3.8) is 0 Å². The Morgan fingerprint density at radius 1 is 0.875 bits per heavy atom. The standard InChI is InChI=1S/C13H20O2S/c1-9-7-11(3)12(8-10(9)2)16(14,15)13(4,5)6/h7-8H,1-6H3. The summed E-state index contributed by atoms with van der Waals surface area (Å²) < 4.78 is 23.9. The second kappa shape index (κ2) is 3.88. The number of benzene rings is 1. The molecule has 0 bridgehead atoms. The topological polar surface area (TPSA) is 34.1 Å². The average molecular weight is 240 g/mol. The van der Waals surface area contributed by atoms with Crippen LogP contribution in [-0.4, -0.2) is 13.2 Å². The second-order valence-corrected chi connectivity index (χ2v) is 7.99. The molecule has 0 heterocycles. The molecule has 16 heavy (non-hydrogen) atoms. The van der Waals surface area contributed by atoms with Crippen LogP contribution in [0.3, 0.4) is 0 Å². The van der Waals surface area contributed by atoms with Crippen molar-refractivity contribution in [3.05, 3.63) is 28.8 Å². The lowest BCUT2D eigenvalue weighted by Crippen LogP contribution is -2.28. The van der Waals surface area contributed by atoms with Gasteiger partial charge in [-0.25, -0.2) is 8.42 Å². The molecule has 0 aliphatic carbocycles. The third-order valence-electron chi connectivity index (χ3n) is 2.89. The fourth-order valence-electron chi connectivity index (χ4n) is 1.55. The molecule has 0 N–H and O–H groups in total. The average Bonchev–Trinajstić information content (AvgIpc) is 2.09. The van der Waals surface area contributed by atoms with Gasteiger partial charge in [0.25, 0.3) is 0 Å². The fraction of sp³-hybridized carbons (Fsp3) is 0.538. The van der Waals surface area contributed by atoms with Crippen LogP contribution >= 0.6 is 0 Å². The molecule has 2 nitrogen and oxygen atoms in total. The SMILES string of the molecule is Cc1cc(C)c(S(=O)(=O)C(C)(C)C)cc1C. The third kappa shape index (κ3) is 2.14. The molecule has 0 fully saturated rings. The zero-order valence-electron chi connectivity index (χ0n) is 10.9. The van der Waals surface area contributed by atoms with Gasteiger partial charge in [0.15, 0.2) is 9.84 Å². The van der Waals surface area contributed by atoms with E-state index in [9.17, 15) is 8.42 Å². The molecule has 0 amide bonds. The Hall–Kier alpha value is -0.830. The molecule has 0 aromatic heterocycles. The molecular formula is C13H20O2S. The molecule has 0 saturated heterocycles. The van der Waals surface area contributed by atoms with Gasteiger partial charge in [-0.2, -0.15) is 0 Å². The van der Waals surface area contributed by atoms with Crippen molar-refractivity contribution in [2.75, 3.05) is 0 Å². The molecule has 3 heteroatoms. The molecule has 0 radical (unpaired) electrons. The molecule has 0 aliphatic heterocycles. The molecule has 1 aromatic carbocycles. The summed E-state index contributed by atoms with van der Waals surface area (Å²) in [5, 5.41) is 0. The van der Waals surface area contributed by atoms with Gasteiger partial charge in [-0.1, -0.05) is 6.07 Å². The minimum Gasteiger partial charge on any atom is -0.223 e. The van der Waals surface area contributed by atoms with E-state index < -0.39 is 14.6 Å². The summed E-state index contributed by atoms with van der Waals surface area (Å²) in [5.41, 5.74) is 2.98. The number of sulfone groups is 1. The van der Waals surface area contributed by atoms with Crippen LogP contribution in [0.5, 0.6) is 0 Å². The van der Waals surface area contributed by atoms with Crippen molar-refractivity contribution in [1.82, 2.24) is 0 Å². The summed E-state index contributed by atoms with van der Waals surface area (Å²) >= 11 is 0. The summed E-state index contributed by atoms with van der Waals surface area (Å²) in [6.45, 7) is 11.0. The Morgan fingerprint density at radius 2 is 1.31 bits per heavy atom. The first-order valence-corrected chi connectivity index (χ1v) is 6.88. The molecule has 0 saturated carbocycles. The second-order valence-electron chi connectivity index (χ2n) is 5.32. The van der Waals surface area contributed by atoms with Gasteiger partial charge in [0.05, 0.1) is 9.64 Å². The maximum Gasteiger partial charge on any atom is 0.183 e. The monoisotopic (exact) mass is 240 g/mol. The van der Waals surface area contributed by atoms with Crippen molar-refractivity contribution in [2.45, 2.75) is 51.2 Å². The van der Waals surface area contributed by atoms with Crippen molar-refractivity contribution in [2.24, 2.45) is 0 Å².